The van der Waals surface area contributed by atoms with Crippen molar-refractivity contribution in [1.29, 1.82) is 0 Å². The van der Waals surface area contributed by atoms with Gasteiger partial charge in [0.25, 0.3) is 0 Å². The zero-order valence-electron chi connectivity index (χ0n) is 12.6. The van der Waals surface area contributed by atoms with E-state index in [1.165, 1.54) is 43.2 Å². The van der Waals surface area contributed by atoms with Crippen molar-refractivity contribution in [3.05, 3.63) is 29.3 Å². The van der Waals surface area contributed by atoms with Crippen molar-refractivity contribution in [2.24, 2.45) is 0 Å². The summed E-state index contributed by atoms with van der Waals surface area (Å²) < 4.78 is 0. The first-order valence-electron chi connectivity index (χ1n) is 7.50. The predicted molar refractivity (Wildman–Crippen MR) is 82.5 cm³/mol. The van der Waals surface area contributed by atoms with Gasteiger partial charge in [-0.25, -0.2) is 0 Å². The molecule has 2 heteroatoms. The Morgan fingerprint density at radius 1 is 0.947 bits per heavy atom. The maximum absolute atomic E-state index is 11.8. The lowest BCUT2D eigenvalue weighted by Crippen LogP contribution is -2.11. The number of carbonyl (C=O) groups excluding carboxylic acids is 1. The second kappa shape index (κ2) is 8.73. The molecule has 19 heavy (non-hydrogen) atoms. The van der Waals surface area contributed by atoms with Crippen molar-refractivity contribution in [3.63, 3.8) is 0 Å². The van der Waals surface area contributed by atoms with Crippen LogP contribution in [0.2, 0.25) is 0 Å². The Morgan fingerprint density at radius 3 is 2.16 bits per heavy atom. The average Bonchev–Trinajstić information content (AvgIpc) is 2.32. The van der Waals surface area contributed by atoms with Crippen LogP contribution in [0.4, 0.5) is 5.69 Å². The normalized spacial score (nSPS) is 10.5. The minimum Gasteiger partial charge on any atom is -0.326 e. The molecule has 0 saturated heterocycles. The van der Waals surface area contributed by atoms with E-state index in [1.807, 2.05) is 12.1 Å². The Hall–Kier alpha value is -1.31. The lowest BCUT2D eigenvalue weighted by atomic mass is 10.1. The van der Waals surface area contributed by atoms with Crippen LogP contribution in [0.3, 0.4) is 0 Å². The van der Waals surface area contributed by atoms with Crippen molar-refractivity contribution >= 4 is 11.6 Å². The third-order valence-corrected chi connectivity index (χ3v) is 3.26. The largest absolute Gasteiger partial charge is 0.326 e. The Morgan fingerprint density at radius 2 is 1.53 bits per heavy atom. The van der Waals surface area contributed by atoms with Gasteiger partial charge in [-0.15, -0.1) is 0 Å². The second-order valence-electron chi connectivity index (χ2n) is 5.44. The molecule has 0 spiro atoms. The molecule has 0 atom stereocenters. The third kappa shape index (κ3) is 7.00. The highest BCUT2D eigenvalue weighted by Crippen LogP contribution is 2.14. The number of aryl methyl sites for hydroxylation is 2. The fraction of sp³-hybridized carbons (Fsp3) is 0.588. The number of nitrogens with one attached hydrogen (secondary N) is 1. The first-order chi connectivity index (χ1) is 9.11. The van der Waals surface area contributed by atoms with Gasteiger partial charge in [0.2, 0.25) is 5.91 Å². The van der Waals surface area contributed by atoms with E-state index in [4.69, 9.17) is 0 Å². The smallest absolute Gasteiger partial charge is 0.224 e. The van der Waals surface area contributed by atoms with E-state index in [-0.39, 0.29) is 5.91 Å². The molecule has 1 aromatic rings. The fourth-order valence-electron chi connectivity index (χ4n) is 2.34. The van der Waals surface area contributed by atoms with Crippen molar-refractivity contribution in [2.75, 3.05) is 5.32 Å². The van der Waals surface area contributed by atoms with Crippen molar-refractivity contribution < 1.29 is 4.79 Å². The van der Waals surface area contributed by atoms with Gasteiger partial charge in [0.1, 0.15) is 0 Å². The molecule has 2 nitrogen and oxygen atoms in total. The maximum atomic E-state index is 11.8. The molecule has 0 aliphatic rings. The fourth-order valence-corrected chi connectivity index (χ4v) is 2.34. The number of hydrogen-bond donors (Lipinski definition) is 1. The number of unbranched alkanes of at least 4 members (excludes halogenated alkanes) is 5. The Kier molecular flexibility index (Phi) is 7.24. The van der Waals surface area contributed by atoms with Crippen LogP contribution in [-0.2, 0) is 4.79 Å². The maximum Gasteiger partial charge on any atom is 0.224 e. The van der Waals surface area contributed by atoms with Crippen LogP contribution in [-0.4, -0.2) is 5.91 Å². The molecule has 106 valence electrons. The minimum absolute atomic E-state index is 0.139. The molecule has 0 fully saturated rings. The summed E-state index contributed by atoms with van der Waals surface area (Å²) in [5.74, 6) is 0.139. The third-order valence-electron chi connectivity index (χ3n) is 3.26. The van der Waals surface area contributed by atoms with Crippen LogP contribution in [0.1, 0.15) is 63.0 Å². The summed E-state index contributed by atoms with van der Waals surface area (Å²) in [6, 6.07) is 6.15. The Bertz CT molecular complexity index is 378. The zero-order chi connectivity index (χ0) is 14.1. The van der Waals surface area contributed by atoms with E-state index < -0.39 is 0 Å². The van der Waals surface area contributed by atoms with Crippen LogP contribution in [0.5, 0.6) is 0 Å². The Balaban J connectivity index is 2.23. The summed E-state index contributed by atoms with van der Waals surface area (Å²) in [6.07, 6.45) is 7.95. The van der Waals surface area contributed by atoms with Crippen LogP contribution >= 0.6 is 0 Å². The summed E-state index contributed by atoms with van der Waals surface area (Å²) in [6.45, 7) is 6.32. The molecule has 0 unspecified atom stereocenters. The molecule has 0 radical (unpaired) electrons. The van der Waals surface area contributed by atoms with Crippen LogP contribution in [0, 0.1) is 13.8 Å². The molecular formula is C17H27NO. The van der Waals surface area contributed by atoms with Crippen LogP contribution < -0.4 is 5.32 Å². The van der Waals surface area contributed by atoms with Gasteiger partial charge in [0, 0.05) is 12.1 Å². The molecule has 0 aliphatic heterocycles. The van der Waals surface area contributed by atoms with Crippen molar-refractivity contribution in [1.82, 2.24) is 0 Å². The lowest BCUT2D eigenvalue weighted by Gasteiger charge is -2.07. The quantitative estimate of drug-likeness (QED) is 0.656. The van der Waals surface area contributed by atoms with Crippen LogP contribution in [0.25, 0.3) is 0 Å². The number of carbonyl (C=O) groups is 1. The molecule has 0 aromatic heterocycles. The summed E-state index contributed by atoms with van der Waals surface area (Å²) in [5, 5.41) is 2.99. The van der Waals surface area contributed by atoms with Crippen molar-refractivity contribution in [3.8, 4) is 0 Å². The van der Waals surface area contributed by atoms with E-state index in [1.54, 1.807) is 0 Å². The molecule has 0 saturated carbocycles. The number of amides is 1. The number of hydrogen-bond acceptors (Lipinski definition) is 1. The van der Waals surface area contributed by atoms with Gasteiger partial charge in [-0.05, 0) is 43.5 Å². The highest BCUT2D eigenvalue weighted by Gasteiger charge is 2.03. The van der Waals surface area contributed by atoms with Crippen molar-refractivity contribution in [2.45, 2.75) is 65.7 Å². The molecule has 1 N–H and O–H groups in total. The number of rotatable bonds is 8. The van der Waals surface area contributed by atoms with Gasteiger partial charge in [-0.3, -0.25) is 4.79 Å². The number of benzene rings is 1. The van der Waals surface area contributed by atoms with Gasteiger partial charge in [-0.2, -0.15) is 0 Å². The topological polar surface area (TPSA) is 29.1 Å². The minimum atomic E-state index is 0.139. The predicted octanol–water partition coefficient (Wildman–Crippen LogP) is 4.99. The molecule has 0 heterocycles. The molecule has 1 aromatic carbocycles. The van der Waals surface area contributed by atoms with Crippen LogP contribution in [0.15, 0.2) is 18.2 Å². The van der Waals surface area contributed by atoms with Gasteiger partial charge in [0.05, 0.1) is 0 Å². The molecule has 0 bridgehead atoms. The molecule has 0 aliphatic carbocycles. The summed E-state index contributed by atoms with van der Waals surface area (Å²) in [5.41, 5.74) is 3.30. The van der Waals surface area contributed by atoms with E-state index in [0.29, 0.717) is 6.42 Å². The van der Waals surface area contributed by atoms with Gasteiger partial charge in [-0.1, -0.05) is 45.1 Å². The standard InChI is InChI=1S/C17H27NO/c1-4-5-6-7-8-9-10-17(19)18-16-12-14(2)11-15(3)13-16/h11-13H,4-10H2,1-3H3,(H,18,19). The first-order valence-corrected chi connectivity index (χ1v) is 7.50. The second-order valence-corrected chi connectivity index (χ2v) is 5.44. The highest BCUT2D eigenvalue weighted by molar-refractivity contribution is 5.90. The summed E-state index contributed by atoms with van der Waals surface area (Å²) in [7, 11) is 0. The highest BCUT2D eigenvalue weighted by atomic mass is 16.1. The van der Waals surface area contributed by atoms with Gasteiger partial charge in [0.15, 0.2) is 0 Å². The monoisotopic (exact) mass is 261 g/mol. The summed E-state index contributed by atoms with van der Waals surface area (Å²) >= 11 is 0. The first kappa shape index (κ1) is 15.7. The van der Waals surface area contributed by atoms with E-state index in [2.05, 4.69) is 32.2 Å². The SMILES string of the molecule is CCCCCCCCC(=O)Nc1cc(C)cc(C)c1. The molecule has 1 rings (SSSR count). The van der Waals surface area contributed by atoms with Gasteiger partial charge >= 0.3 is 0 Å². The van der Waals surface area contributed by atoms with E-state index in [9.17, 15) is 4.79 Å². The lowest BCUT2D eigenvalue weighted by molar-refractivity contribution is -0.116. The zero-order valence-corrected chi connectivity index (χ0v) is 12.6. The van der Waals surface area contributed by atoms with E-state index >= 15 is 0 Å². The molecule has 1 amide bonds. The molecular weight excluding hydrogens is 234 g/mol. The average molecular weight is 261 g/mol. The number of anilines is 1. The van der Waals surface area contributed by atoms with E-state index in [0.717, 1.165) is 12.1 Å². The summed E-state index contributed by atoms with van der Waals surface area (Å²) in [4.78, 5) is 11.8. The van der Waals surface area contributed by atoms with Gasteiger partial charge < -0.3 is 5.32 Å². The Labute approximate surface area is 117 Å².